The number of aliphatic hydroxyl groups is 1. The van der Waals surface area contributed by atoms with E-state index < -0.39 is 12.2 Å². The number of hydrogen-bond acceptors (Lipinski definition) is 8. The number of phenolic OH excluding ortho intramolecular Hbond substituents is 1. The van der Waals surface area contributed by atoms with Gasteiger partial charge < -0.3 is 36.3 Å². The minimum Gasteiger partial charge on any atom is -0.506 e. The van der Waals surface area contributed by atoms with E-state index in [1.807, 2.05) is 42.5 Å². The largest absolute Gasteiger partial charge is 0.506 e. The molecule has 11 heteroatoms. The number of aliphatic hydroxyl groups excluding tert-OH is 1. The summed E-state index contributed by atoms with van der Waals surface area (Å²) in [6, 6.07) is 22.4. The zero-order chi connectivity index (χ0) is 36.5. The number of aryl methyl sites for hydroxylation is 1. The van der Waals surface area contributed by atoms with E-state index in [1.165, 1.54) is 12.1 Å². The Morgan fingerprint density at radius 3 is 2.46 bits per heavy atom. The maximum absolute atomic E-state index is 13.0. The van der Waals surface area contributed by atoms with Crippen LogP contribution in [0, 0.1) is 11.8 Å². The summed E-state index contributed by atoms with van der Waals surface area (Å²) in [6.45, 7) is 1.66. The zero-order valence-electron chi connectivity index (χ0n) is 29.6. The average Bonchev–Trinajstić information content (AvgIpc) is 3.15. The van der Waals surface area contributed by atoms with Gasteiger partial charge >= 0.3 is 6.09 Å². The molecule has 1 heterocycles. The molecule has 0 bridgehead atoms. The summed E-state index contributed by atoms with van der Waals surface area (Å²) in [7, 11) is 0. The highest BCUT2D eigenvalue weighted by atomic mass is 16.6. The van der Waals surface area contributed by atoms with Crippen LogP contribution in [0.1, 0.15) is 75.0 Å². The Labute approximate surface area is 304 Å². The van der Waals surface area contributed by atoms with Crippen molar-refractivity contribution in [2.75, 3.05) is 25.0 Å². The third-order valence-electron chi connectivity index (χ3n) is 10.6. The number of anilines is 1. The zero-order valence-corrected chi connectivity index (χ0v) is 29.6. The van der Waals surface area contributed by atoms with Crippen molar-refractivity contribution in [3.05, 3.63) is 94.3 Å². The number of hydrogen-bond donors (Lipinski definition) is 7. The SMILES string of the molecule is NC1CCC(OC(=O)Nc2cc(CCCNC(=O)C3CCC(CNC[C@H](O)c4ccc(O)c5[nH]c(=O)ccc45)CC3)ccc2-c2ccccc2)CC1. The van der Waals surface area contributed by atoms with Gasteiger partial charge in [-0.15, -0.1) is 0 Å². The number of nitrogens with two attached hydrogens (primary N) is 1. The molecular weight excluding hydrogens is 658 g/mol. The number of rotatable bonds is 13. The Morgan fingerprint density at radius 2 is 1.69 bits per heavy atom. The van der Waals surface area contributed by atoms with Crippen molar-refractivity contribution in [1.29, 1.82) is 0 Å². The van der Waals surface area contributed by atoms with Crippen LogP contribution >= 0.6 is 0 Å². The van der Waals surface area contributed by atoms with E-state index in [4.69, 9.17) is 10.5 Å². The van der Waals surface area contributed by atoms with E-state index in [0.717, 1.165) is 87.4 Å². The molecule has 2 amide bonds. The molecule has 2 aliphatic rings. The molecule has 0 aliphatic heterocycles. The molecule has 4 aromatic rings. The van der Waals surface area contributed by atoms with Crippen molar-refractivity contribution in [3.8, 4) is 16.9 Å². The molecule has 2 saturated carbocycles. The number of aromatic nitrogens is 1. The first-order valence-corrected chi connectivity index (χ1v) is 18.7. The number of aromatic hydroxyl groups is 1. The number of fused-ring (bicyclic) bond motifs is 1. The van der Waals surface area contributed by atoms with Gasteiger partial charge in [-0.2, -0.15) is 0 Å². The van der Waals surface area contributed by atoms with Gasteiger partial charge in [-0.1, -0.05) is 48.5 Å². The fraction of sp³-hybridized carbons (Fsp3) is 0.439. The van der Waals surface area contributed by atoms with Crippen LogP contribution in [0.3, 0.4) is 0 Å². The average molecular weight is 710 g/mol. The third-order valence-corrected chi connectivity index (χ3v) is 10.6. The summed E-state index contributed by atoms with van der Waals surface area (Å²) < 4.78 is 5.75. The Hall–Kier alpha value is -4.71. The number of benzene rings is 3. The molecule has 1 aromatic heterocycles. The smallest absolute Gasteiger partial charge is 0.411 e. The number of ether oxygens (including phenoxy) is 1. The van der Waals surface area contributed by atoms with Crippen LogP contribution in [-0.2, 0) is 16.0 Å². The van der Waals surface area contributed by atoms with E-state index >= 15 is 0 Å². The van der Waals surface area contributed by atoms with Gasteiger partial charge in [0.05, 0.1) is 17.3 Å². The minimum atomic E-state index is -0.802. The number of phenols is 1. The Balaban J connectivity index is 0.926. The lowest BCUT2D eigenvalue weighted by molar-refractivity contribution is -0.126. The minimum absolute atomic E-state index is 0.000713. The highest BCUT2D eigenvalue weighted by Gasteiger charge is 2.26. The number of aromatic amines is 1. The van der Waals surface area contributed by atoms with Crippen LogP contribution in [0.4, 0.5) is 10.5 Å². The van der Waals surface area contributed by atoms with Gasteiger partial charge in [0.2, 0.25) is 11.5 Å². The van der Waals surface area contributed by atoms with Crippen molar-refractivity contribution < 1.29 is 24.5 Å². The molecule has 0 radical (unpaired) electrons. The fourth-order valence-corrected chi connectivity index (χ4v) is 7.58. The second-order valence-electron chi connectivity index (χ2n) is 14.4. The van der Waals surface area contributed by atoms with Crippen LogP contribution in [0.25, 0.3) is 22.0 Å². The van der Waals surface area contributed by atoms with Crippen molar-refractivity contribution in [2.45, 2.75) is 82.5 Å². The van der Waals surface area contributed by atoms with Crippen LogP contribution in [-0.4, -0.2) is 59.0 Å². The standard InChI is InChI=1S/C41H51N5O6/c42-30-13-15-31(16-14-30)52-41(51)45-35-23-26(10-17-32(35)28-6-2-1-3-7-28)5-4-22-44-40(50)29-11-8-27(9-12-29)24-43-25-37(48)33-18-20-36(47)39-34(33)19-21-38(49)46-39/h1-3,6-7,10,17-21,23,27,29-31,37,43,47-48H,4-5,8-9,11-16,22,24-25,42H2,(H,44,50)(H,45,51)(H,46,49)/t27?,29?,30?,31?,37-/m0/s1. The first-order valence-electron chi connectivity index (χ1n) is 18.7. The Bertz CT molecular complexity index is 1870. The lowest BCUT2D eigenvalue weighted by Crippen LogP contribution is -2.36. The third kappa shape index (κ3) is 9.78. The molecule has 0 spiro atoms. The summed E-state index contributed by atoms with van der Waals surface area (Å²) in [4.78, 5) is 40.3. The molecule has 2 aliphatic carbocycles. The van der Waals surface area contributed by atoms with Crippen molar-refractivity contribution in [3.63, 3.8) is 0 Å². The maximum Gasteiger partial charge on any atom is 0.411 e. The molecule has 3 aromatic carbocycles. The normalized spacial score (nSPS) is 21.0. The van der Waals surface area contributed by atoms with Crippen LogP contribution in [0.2, 0.25) is 0 Å². The molecule has 6 rings (SSSR count). The maximum atomic E-state index is 13.0. The number of carbonyl (C=O) groups excluding carboxylic acids is 2. The molecule has 11 nitrogen and oxygen atoms in total. The summed E-state index contributed by atoms with van der Waals surface area (Å²) >= 11 is 0. The summed E-state index contributed by atoms with van der Waals surface area (Å²) in [5, 5.41) is 31.1. The first kappa shape index (κ1) is 37.1. The van der Waals surface area contributed by atoms with E-state index in [9.17, 15) is 24.6 Å². The number of pyridine rings is 1. The lowest BCUT2D eigenvalue weighted by Gasteiger charge is -2.28. The van der Waals surface area contributed by atoms with Crippen molar-refractivity contribution in [2.24, 2.45) is 17.6 Å². The summed E-state index contributed by atoms with van der Waals surface area (Å²) in [5.74, 6) is 0.491. The topological polar surface area (TPSA) is 179 Å². The van der Waals surface area contributed by atoms with E-state index in [0.29, 0.717) is 41.2 Å². The predicted octanol–water partition coefficient (Wildman–Crippen LogP) is 5.90. The summed E-state index contributed by atoms with van der Waals surface area (Å²) in [5.41, 5.74) is 10.4. The van der Waals surface area contributed by atoms with E-state index in [1.54, 1.807) is 12.1 Å². The molecule has 8 N–H and O–H groups in total. The van der Waals surface area contributed by atoms with Gasteiger partial charge in [0.1, 0.15) is 11.9 Å². The molecule has 276 valence electrons. The highest BCUT2D eigenvalue weighted by Crippen LogP contribution is 2.32. The van der Waals surface area contributed by atoms with E-state index in [2.05, 4.69) is 27.0 Å². The Morgan fingerprint density at radius 1 is 0.923 bits per heavy atom. The lowest BCUT2D eigenvalue weighted by atomic mass is 9.81. The van der Waals surface area contributed by atoms with Gasteiger partial charge in [-0.25, -0.2) is 4.79 Å². The number of H-pyrrole nitrogens is 1. The van der Waals surface area contributed by atoms with Crippen molar-refractivity contribution >= 4 is 28.6 Å². The fourth-order valence-electron chi connectivity index (χ4n) is 7.58. The monoisotopic (exact) mass is 709 g/mol. The summed E-state index contributed by atoms with van der Waals surface area (Å²) in [6.07, 6.45) is 6.96. The van der Waals surface area contributed by atoms with Crippen molar-refractivity contribution in [1.82, 2.24) is 15.6 Å². The second kappa shape index (κ2) is 17.7. The van der Waals surface area contributed by atoms with Gasteiger partial charge in [-0.05, 0) is 112 Å². The highest BCUT2D eigenvalue weighted by molar-refractivity contribution is 5.92. The van der Waals surface area contributed by atoms with Gasteiger partial charge in [-0.3, -0.25) is 14.9 Å². The molecule has 1 atom stereocenters. The van der Waals surface area contributed by atoms with Gasteiger partial charge in [0.25, 0.3) is 0 Å². The molecule has 0 saturated heterocycles. The number of nitrogens with one attached hydrogen (secondary N) is 4. The first-order chi connectivity index (χ1) is 25.2. The quantitative estimate of drug-likeness (QED) is 0.0839. The predicted molar refractivity (Wildman–Crippen MR) is 203 cm³/mol. The van der Waals surface area contributed by atoms with Crippen LogP contribution in [0.15, 0.2) is 77.6 Å². The number of carbonyl (C=O) groups is 2. The number of amides is 2. The molecular formula is C41H51N5O6. The van der Waals surface area contributed by atoms with Crippen LogP contribution in [0.5, 0.6) is 5.75 Å². The second-order valence-corrected chi connectivity index (χ2v) is 14.4. The Kier molecular flexibility index (Phi) is 12.6. The molecule has 2 fully saturated rings. The molecule has 0 unspecified atom stereocenters. The van der Waals surface area contributed by atoms with Crippen LogP contribution < -0.4 is 27.2 Å². The van der Waals surface area contributed by atoms with Gasteiger partial charge in [0, 0.05) is 42.1 Å². The molecule has 52 heavy (non-hydrogen) atoms. The van der Waals surface area contributed by atoms with E-state index in [-0.39, 0.29) is 35.3 Å². The van der Waals surface area contributed by atoms with Gasteiger partial charge in [0.15, 0.2) is 0 Å².